The Hall–Kier alpha value is -4.85. The summed E-state index contributed by atoms with van der Waals surface area (Å²) in [6.45, 7) is 0. The molecule has 5 aromatic rings. The third-order valence-electron chi connectivity index (χ3n) is 4.88. The molecule has 14 heteroatoms. The van der Waals surface area contributed by atoms with Crippen LogP contribution in [0.4, 0.5) is 23.0 Å². The third kappa shape index (κ3) is 4.83. The number of fused-ring (bicyclic) bond motifs is 1. The smallest absolute Gasteiger partial charge is 0.284 e. The van der Waals surface area contributed by atoms with Crippen LogP contribution in [0, 0.1) is 10.1 Å². The van der Waals surface area contributed by atoms with Crippen LogP contribution in [-0.4, -0.2) is 38.5 Å². The van der Waals surface area contributed by atoms with Crippen LogP contribution in [0.2, 0.25) is 0 Å². The van der Waals surface area contributed by atoms with E-state index in [1.54, 1.807) is 24.3 Å². The summed E-state index contributed by atoms with van der Waals surface area (Å²) >= 11 is 3.40. The van der Waals surface area contributed by atoms with Crippen molar-refractivity contribution in [2.24, 2.45) is 5.10 Å². The molecule has 36 heavy (non-hydrogen) atoms. The topological polar surface area (TPSA) is 167 Å². The predicted molar refractivity (Wildman–Crippen MR) is 133 cm³/mol. The molecule has 0 saturated heterocycles. The number of aromatic nitrogens is 4. The first-order chi connectivity index (χ1) is 17.5. The highest BCUT2D eigenvalue weighted by atomic mass is 79.9. The van der Waals surface area contributed by atoms with Crippen molar-refractivity contribution in [1.82, 2.24) is 20.3 Å². The second-order valence-electron chi connectivity index (χ2n) is 7.18. The van der Waals surface area contributed by atoms with Gasteiger partial charge in [-0.25, -0.2) is 9.61 Å². The van der Waals surface area contributed by atoms with Crippen LogP contribution in [-0.2, 0) is 0 Å². The van der Waals surface area contributed by atoms with Gasteiger partial charge in [0, 0.05) is 10.2 Å². The van der Waals surface area contributed by atoms with Crippen molar-refractivity contribution < 1.29 is 18.7 Å². The average molecular weight is 551 g/mol. The Morgan fingerprint density at radius 3 is 2.53 bits per heavy atom. The van der Waals surface area contributed by atoms with E-state index in [0.29, 0.717) is 28.7 Å². The number of hydrazone groups is 1. The van der Waals surface area contributed by atoms with Gasteiger partial charge in [-0.15, -0.1) is 0 Å². The summed E-state index contributed by atoms with van der Waals surface area (Å²) in [6, 6.07) is 15.2. The van der Waals surface area contributed by atoms with Crippen molar-refractivity contribution in [3.05, 3.63) is 74.9 Å². The zero-order valence-electron chi connectivity index (χ0n) is 18.4. The number of furan rings is 1. The maximum Gasteiger partial charge on any atom is 0.284 e. The molecule has 0 aliphatic heterocycles. The fourth-order valence-corrected chi connectivity index (χ4v) is 3.46. The normalized spacial score (nSPS) is 11.2. The van der Waals surface area contributed by atoms with Crippen molar-refractivity contribution in [3.8, 4) is 17.1 Å². The Labute approximate surface area is 210 Å². The minimum atomic E-state index is -0.497. The predicted octanol–water partition coefficient (Wildman–Crippen LogP) is 5.14. The maximum absolute atomic E-state index is 11.5. The quantitative estimate of drug-likeness (QED) is 0.149. The van der Waals surface area contributed by atoms with E-state index in [9.17, 15) is 10.1 Å². The molecule has 5 rings (SSSR count). The number of nitro benzene ring substituents is 1. The second-order valence-corrected chi connectivity index (χ2v) is 8.09. The van der Waals surface area contributed by atoms with E-state index in [4.69, 9.17) is 13.8 Å². The highest BCUT2D eigenvalue weighted by Crippen LogP contribution is 2.34. The van der Waals surface area contributed by atoms with Crippen LogP contribution in [0.3, 0.4) is 0 Å². The molecule has 0 fully saturated rings. The minimum Gasteiger partial charge on any atom is -0.497 e. The van der Waals surface area contributed by atoms with Crippen LogP contribution < -0.4 is 15.5 Å². The lowest BCUT2D eigenvalue weighted by molar-refractivity contribution is -0.384. The van der Waals surface area contributed by atoms with Gasteiger partial charge in [0.1, 0.15) is 17.3 Å². The Balaban J connectivity index is 1.38. The zero-order chi connectivity index (χ0) is 25.1. The standard InChI is InChI=1S/C22H15BrN8O5/c1-34-14-6-8-16(17(10-14)31(32)33)18-9-7-15(35-18)11-24-28-20-19(25-13-4-2-12(23)3-5-13)26-21-22(27-20)30-36-29-21/h2-11H,1H3,(H,25,26,29)(H,27,28,30)/b24-11+. The number of hydrogen-bond acceptors (Lipinski definition) is 12. The number of rotatable bonds is 8. The minimum absolute atomic E-state index is 0.140. The van der Waals surface area contributed by atoms with Gasteiger partial charge in [-0.05, 0) is 58.8 Å². The molecule has 2 aromatic carbocycles. The molecule has 0 aliphatic rings. The molecule has 0 unspecified atom stereocenters. The molecule has 13 nitrogen and oxygen atoms in total. The molecule has 2 N–H and O–H groups in total. The summed E-state index contributed by atoms with van der Waals surface area (Å²) in [5, 5.41) is 26.2. The molecular weight excluding hydrogens is 536 g/mol. The molecule has 3 aromatic heterocycles. The van der Waals surface area contributed by atoms with Gasteiger partial charge in [0.05, 0.1) is 29.9 Å². The molecule has 3 heterocycles. The molecule has 0 bridgehead atoms. The van der Waals surface area contributed by atoms with Crippen molar-refractivity contribution >= 4 is 56.4 Å². The van der Waals surface area contributed by atoms with Gasteiger partial charge >= 0.3 is 0 Å². The van der Waals surface area contributed by atoms with Crippen LogP contribution in [0.25, 0.3) is 22.6 Å². The molecule has 0 spiro atoms. The Kier molecular flexibility index (Phi) is 6.23. The number of nitrogens with one attached hydrogen (secondary N) is 2. The van der Waals surface area contributed by atoms with Crippen LogP contribution >= 0.6 is 15.9 Å². The van der Waals surface area contributed by atoms with Crippen molar-refractivity contribution in [2.75, 3.05) is 17.9 Å². The van der Waals surface area contributed by atoms with E-state index < -0.39 is 4.92 Å². The Morgan fingerprint density at radius 1 is 1.06 bits per heavy atom. The lowest BCUT2D eigenvalue weighted by atomic mass is 10.1. The fourth-order valence-electron chi connectivity index (χ4n) is 3.19. The number of hydrogen-bond donors (Lipinski definition) is 2. The van der Waals surface area contributed by atoms with Crippen LogP contribution in [0.1, 0.15) is 5.76 Å². The van der Waals surface area contributed by atoms with Gasteiger partial charge in [0.25, 0.3) is 5.69 Å². The second kappa shape index (κ2) is 9.79. The summed E-state index contributed by atoms with van der Waals surface area (Å²) < 4.78 is 16.4. The number of nitrogens with zero attached hydrogens (tertiary/aromatic N) is 6. The highest BCUT2D eigenvalue weighted by Gasteiger charge is 2.19. The highest BCUT2D eigenvalue weighted by molar-refractivity contribution is 9.10. The summed E-state index contributed by atoms with van der Waals surface area (Å²) in [5.74, 6) is 1.62. The maximum atomic E-state index is 11.5. The first-order valence-electron chi connectivity index (χ1n) is 10.2. The summed E-state index contributed by atoms with van der Waals surface area (Å²) in [6.07, 6.45) is 1.40. The number of ether oxygens (including phenoxy) is 1. The summed E-state index contributed by atoms with van der Waals surface area (Å²) in [4.78, 5) is 19.7. The first-order valence-corrected chi connectivity index (χ1v) is 11.0. The van der Waals surface area contributed by atoms with E-state index in [-0.39, 0.29) is 22.8 Å². The Morgan fingerprint density at radius 2 is 1.81 bits per heavy atom. The van der Waals surface area contributed by atoms with Gasteiger partial charge in [-0.2, -0.15) is 10.1 Å². The van der Waals surface area contributed by atoms with Crippen molar-refractivity contribution in [2.45, 2.75) is 0 Å². The number of methoxy groups -OCH3 is 1. The van der Waals surface area contributed by atoms with Crippen LogP contribution in [0.5, 0.6) is 5.75 Å². The summed E-state index contributed by atoms with van der Waals surface area (Å²) in [7, 11) is 1.44. The van der Waals surface area contributed by atoms with Gasteiger partial charge in [0.2, 0.25) is 11.3 Å². The molecule has 0 atom stereocenters. The van der Waals surface area contributed by atoms with E-state index in [1.807, 2.05) is 24.3 Å². The number of benzene rings is 2. The fraction of sp³-hybridized carbons (Fsp3) is 0.0455. The lowest BCUT2D eigenvalue weighted by Gasteiger charge is -2.09. The lowest BCUT2D eigenvalue weighted by Crippen LogP contribution is -2.03. The van der Waals surface area contributed by atoms with Gasteiger partial charge < -0.3 is 14.5 Å². The number of halogens is 1. The number of anilines is 3. The van der Waals surface area contributed by atoms with E-state index in [2.05, 4.69) is 52.1 Å². The number of nitro groups is 1. The molecule has 0 saturated carbocycles. The summed E-state index contributed by atoms with van der Waals surface area (Å²) in [5.41, 5.74) is 4.14. The van der Waals surface area contributed by atoms with Crippen molar-refractivity contribution in [3.63, 3.8) is 0 Å². The molecule has 0 amide bonds. The molecular formula is C22H15BrN8O5. The van der Waals surface area contributed by atoms with Crippen LogP contribution in [0.15, 0.2) is 73.2 Å². The molecule has 180 valence electrons. The van der Waals surface area contributed by atoms with Gasteiger partial charge in [-0.3, -0.25) is 15.5 Å². The molecule has 0 radical (unpaired) electrons. The van der Waals surface area contributed by atoms with Crippen molar-refractivity contribution in [1.29, 1.82) is 0 Å². The first kappa shape index (κ1) is 22.9. The molecule has 0 aliphatic carbocycles. The van der Waals surface area contributed by atoms with E-state index >= 15 is 0 Å². The Bertz CT molecular complexity index is 1580. The average Bonchev–Trinajstić information content (AvgIpc) is 3.54. The SMILES string of the molecule is COc1ccc(-c2ccc(/C=N/Nc3nc4nonc4nc3Nc3ccc(Br)cc3)o2)c([N+](=O)[O-])c1. The van der Waals surface area contributed by atoms with E-state index in [1.165, 1.54) is 19.4 Å². The van der Waals surface area contributed by atoms with E-state index in [0.717, 1.165) is 10.2 Å². The largest absolute Gasteiger partial charge is 0.497 e. The van der Waals surface area contributed by atoms with Gasteiger partial charge in [0.15, 0.2) is 11.6 Å². The monoisotopic (exact) mass is 550 g/mol. The van der Waals surface area contributed by atoms with Gasteiger partial charge in [-0.1, -0.05) is 15.9 Å². The third-order valence-corrected chi connectivity index (χ3v) is 5.41. The zero-order valence-corrected chi connectivity index (χ0v) is 20.0.